The quantitative estimate of drug-likeness (QED) is 0.393. The molecule has 1 N–H and O–H groups in total. The van der Waals surface area contributed by atoms with Crippen molar-refractivity contribution in [2.24, 2.45) is 0 Å². The lowest BCUT2D eigenvalue weighted by Crippen LogP contribution is -2.38. The van der Waals surface area contributed by atoms with Crippen LogP contribution in [0, 0.1) is 5.82 Å². The first kappa shape index (κ1) is 23.2. The second-order valence-corrected chi connectivity index (χ2v) is 8.44. The number of ether oxygens (including phenoxy) is 1. The number of hydrogen-bond donors (Lipinski definition) is 1. The van der Waals surface area contributed by atoms with Crippen LogP contribution in [0.2, 0.25) is 0 Å². The molecule has 3 aromatic heterocycles. The summed E-state index contributed by atoms with van der Waals surface area (Å²) in [6.07, 6.45) is -1.81. The van der Waals surface area contributed by atoms with Crippen molar-refractivity contribution in [3.8, 4) is 17.0 Å². The van der Waals surface area contributed by atoms with E-state index >= 15 is 4.39 Å². The molecule has 0 saturated carbocycles. The summed E-state index contributed by atoms with van der Waals surface area (Å²) in [5, 5.41) is 14.7. The number of nitrogens with zero attached hydrogens (tertiary/aromatic N) is 7. The van der Waals surface area contributed by atoms with Gasteiger partial charge in [-0.15, -0.1) is 10.2 Å². The first-order valence-electron chi connectivity index (χ1n) is 10.7. The van der Waals surface area contributed by atoms with Gasteiger partial charge in [0.05, 0.1) is 30.9 Å². The van der Waals surface area contributed by atoms with E-state index in [2.05, 4.69) is 25.7 Å². The molecule has 1 aromatic carbocycles. The zero-order valence-electron chi connectivity index (χ0n) is 18.7. The molecule has 0 radical (unpaired) electrons. The van der Waals surface area contributed by atoms with Crippen molar-refractivity contribution in [3.63, 3.8) is 0 Å². The highest BCUT2D eigenvalue weighted by Crippen LogP contribution is 2.36. The van der Waals surface area contributed by atoms with Crippen LogP contribution >= 0.6 is 0 Å². The van der Waals surface area contributed by atoms with Gasteiger partial charge in [0, 0.05) is 19.5 Å². The van der Waals surface area contributed by atoms with E-state index in [-0.39, 0.29) is 36.0 Å². The first-order valence-corrected chi connectivity index (χ1v) is 10.7. The van der Waals surface area contributed by atoms with Gasteiger partial charge in [0.2, 0.25) is 18.3 Å². The van der Waals surface area contributed by atoms with Crippen LogP contribution in [0.5, 0.6) is 5.88 Å². The number of nitrogens with one attached hydrogen (secondary N) is 1. The van der Waals surface area contributed by atoms with E-state index in [1.807, 2.05) is 0 Å². The fraction of sp³-hybridized carbons (Fsp3) is 0.429. The maximum Gasteiger partial charge on any atom is 0.281 e. The summed E-state index contributed by atoms with van der Waals surface area (Å²) in [5.74, 6) is -3.82. The molecule has 1 unspecified atom stereocenters. The van der Waals surface area contributed by atoms with Crippen molar-refractivity contribution in [3.05, 3.63) is 30.2 Å². The number of likely N-dealkylation sites (N-methyl/N-ethyl adjacent to an activating group) is 1. The smallest absolute Gasteiger partial charge is 0.281 e. The minimum Gasteiger partial charge on any atom is -0.479 e. The van der Waals surface area contributed by atoms with Gasteiger partial charge in [0.15, 0.2) is 5.82 Å². The van der Waals surface area contributed by atoms with Crippen LogP contribution in [-0.4, -0.2) is 80.1 Å². The zero-order chi connectivity index (χ0) is 24.9. The molecule has 1 saturated heterocycles. The third-order valence-electron chi connectivity index (χ3n) is 5.90. The summed E-state index contributed by atoms with van der Waals surface area (Å²) in [7, 11) is 2.91. The van der Waals surface area contributed by atoms with Gasteiger partial charge in [-0.25, -0.2) is 31.1 Å². The van der Waals surface area contributed by atoms with E-state index in [9.17, 15) is 17.6 Å². The number of fused-ring (bicyclic) bond motifs is 2. The molecule has 4 aromatic rings. The van der Waals surface area contributed by atoms with Crippen molar-refractivity contribution >= 4 is 22.5 Å². The number of anilines is 1. The standard InChI is InChI=1S/C21H21F5N8O/c1-32-9-15(21(25,26)10-32)27-20-28-19(35-2)18-17(12(22)8-34(18)30-20)11-3-4-13-14(7-11)33(31-29-13)6-5-16(23)24/h3-4,7-8,15-16H,5-6,9-10H2,1-2H3,(H,27,30). The van der Waals surface area contributed by atoms with Crippen molar-refractivity contribution in [1.82, 2.24) is 34.5 Å². The maximum absolute atomic E-state index is 15.2. The Morgan fingerprint density at radius 2 is 2.09 bits per heavy atom. The van der Waals surface area contributed by atoms with Crippen LogP contribution in [0.15, 0.2) is 24.4 Å². The fourth-order valence-corrected chi connectivity index (χ4v) is 4.29. The van der Waals surface area contributed by atoms with E-state index in [1.165, 1.54) is 21.2 Å². The fourth-order valence-electron chi connectivity index (χ4n) is 4.29. The second kappa shape index (κ2) is 8.59. The third-order valence-corrected chi connectivity index (χ3v) is 5.90. The van der Waals surface area contributed by atoms with E-state index in [0.29, 0.717) is 16.6 Å². The maximum atomic E-state index is 15.2. The Labute approximate surface area is 195 Å². The van der Waals surface area contributed by atoms with Crippen LogP contribution in [-0.2, 0) is 6.54 Å². The minimum absolute atomic E-state index is 0.0273. The van der Waals surface area contributed by atoms with Crippen LogP contribution in [0.25, 0.3) is 27.7 Å². The Kier molecular flexibility index (Phi) is 5.69. The van der Waals surface area contributed by atoms with E-state index in [1.54, 1.807) is 25.2 Å². The van der Waals surface area contributed by atoms with Gasteiger partial charge in [0.25, 0.3) is 5.92 Å². The number of alkyl halides is 4. The van der Waals surface area contributed by atoms with Gasteiger partial charge in [-0.1, -0.05) is 11.3 Å². The molecule has 186 valence electrons. The Morgan fingerprint density at radius 1 is 1.29 bits per heavy atom. The van der Waals surface area contributed by atoms with E-state index < -0.39 is 37.2 Å². The molecule has 0 aliphatic carbocycles. The number of rotatable bonds is 7. The molecule has 1 fully saturated rings. The Morgan fingerprint density at radius 3 is 2.77 bits per heavy atom. The third kappa shape index (κ3) is 4.22. The monoisotopic (exact) mass is 496 g/mol. The second-order valence-electron chi connectivity index (χ2n) is 8.44. The van der Waals surface area contributed by atoms with Crippen LogP contribution in [0.1, 0.15) is 6.42 Å². The number of hydrogen-bond acceptors (Lipinski definition) is 7. The molecule has 0 spiro atoms. The summed E-state index contributed by atoms with van der Waals surface area (Å²) in [6.45, 7) is -0.383. The van der Waals surface area contributed by atoms with Crippen molar-refractivity contribution in [2.45, 2.75) is 31.4 Å². The van der Waals surface area contributed by atoms with E-state index in [0.717, 1.165) is 6.20 Å². The molecule has 35 heavy (non-hydrogen) atoms. The highest BCUT2D eigenvalue weighted by molar-refractivity contribution is 5.89. The number of benzene rings is 1. The summed E-state index contributed by atoms with van der Waals surface area (Å²) >= 11 is 0. The van der Waals surface area contributed by atoms with Crippen molar-refractivity contribution in [1.29, 1.82) is 0 Å². The largest absolute Gasteiger partial charge is 0.479 e. The molecule has 1 aliphatic heterocycles. The van der Waals surface area contributed by atoms with Crippen molar-refractivity contribution < 1.29 is 26.7 Å². The number of aromatic nitrogens is 6. The predicted molar refractivity (Wildman–Crippen MR) is 116 cm³/mol. The number of halogens is 5. The molecule has 0 amide bonds. The summed E-state index contributed by atoms with van der Waals surface area (Å²) in [4.78, 5) is 5.68. The summed E-state index contributed by atoms with van der Waals surface area (Å²) < 4.78 is 76.9. The van der Waals surface area contributed by atoms with Gasteiger partial charge >= 0.3 is 0 Å². The minimum atomic E-state index is -3.00. The number of methoxy groups -OCH3 is 1. The average Bonchev–Trinajstić information content (AvgIpc) is 3.43. The molecule has 1 aliphatic rings. The highest BCUT2D eigenvalue weighted by atomic mass is 19.3. The lowest BCUT2D eigenvalue weighted by molar-refractivity contribution is 0.00582. The lowest BCUT2D eigenvalue weighted by atomic mass is 10.1. The topological polar surface area (TPSA) is 85.4 Å². The van der Waals surface area contributed by atoms with Gasteiger partial charge in [-0.05, 0) is 24.7 Å². The Bertz CT molecular complexity index is 1390. The summed E-state index contributed by atoms with van der Waals surface area (Å²) in [6, 6.07) is 3.56. The number of aryl methyl sites for hydroxylation is 1. The molecule has 0 bridgehead atoms. The zero-order valence-corrected chi connectivity index (χ0v) is 18.7. The highest BCUT2D eigenvalue weighted by Gasteiger charge is 2.47. The molecule has 14 heteroatoms. The van der Waals surface area contributed by atoms with Gasteiger partial charge < -0.3 is 10.1 Å². The van der Waals surface area contributed by atoms with Crippen LogP contribution < -0.4 is 10.1 Å². The van der Waals surface area contributed by atoms with Crippen LogP contribution in [0.3, 0.4) is 0 Å². The predicted octanol–water partition coefficient (Wildman–Crippen LogP) is 3.31. The van der Waals surface area contributed by atoms with E-state index in [4.69, 9.17) is 4.74 Å². The normalized spacial score (nSPS) is 18.2. The van der Waals surface area contributed by atoms with Gasteiger partial charge in [-0.2, -0.15) is 4.98 Å². The Balaban J connectivity index is 1.56. The Hall–Kier alpha value is -3.55. The van der Waals surface area contributed by atoms with Crippen molar-refractivity contribution in [2.75, 3.05) is 32.6 Å². The SMILES string of the molecule is COc1nc(NC2CN(C)CC2(F)F)nn2cc(F)c(-c3ccc4nnn(CCC(F)F)c4c3)c12. The average molecular weight is 496 g/mol. The molecule has 4 heterocycles. The van der Waals surface area contributed by atoms with Crippen LogP contribution in [0.4, 0.5) is 27.9 Å². The van der Waals surface area contributed by atoms with Gasteiger partial charge in [0.1, 0.15) is 17.1 Å². The first-order chi connectivity index (χ1) is 16.7. The lowest BCUT2D eigenvalue weighted by Gasteiger charge is -2.19. The molecule has 1 atom stereocenters. The summed E-state index contributed by atoms with van der Waals surface area (Å²) in [5.41, 5.74) is 1.58. The molecular weight excluding hydrogens is 475 g/mol. The molecule has 9 nitrogen and oxygen atoms in total. The molecule has 5 rings (SSSR count). The molecular formula is C21H21F5N8O. The van der Waals surface area contributed by atoms with Gasteiger partial charge in [-0.3, -0.25) is 4.90 Å². The number of likely N-dealkylation sites (tertiary alicyclic amines) is 1.